The Bertz CT molecular complexity index is 455. The number of Topliss-reactive ketones (excluding diaryl/α,β-unsaturated/α-hetero) is 1. The SMILES string of the molecule is NS(=O)(=O)CC(=O)c1cccc(Cl)c1. The molecule has 76 valence electrons. The number of nitrogens with two attached hydrogens (primary N) is 1. The molecule has 0 amide bonds. The molecule has 0 bridgehead atoms. The van der Waals surface area contributed by atoms with Gasteiger partial charge >= 0.3 is 0 Å². The van der Waals surface area contributed by atoms with Gasteiger partial charge in [0.15, 0.2) is 5.78 Å². The first-order valence-corrected chi connectivity index (χ1v) is 5.77. The number of ketones is 1. The quantitative estimate of drug-likeness (QED) is 0.785. The van der Waals surface area contributed by atoms with Gasteiger partial charge in [0.1, 0.15) is 5.75 Å². The van der Waals surface area contributed by atoms with Gasteiger partial charge in [0.2, 0.25) is 10.0 Å². The van der Waals surface area contributed by atoms with Crippen molar-refractivity contribution in [3.8, 4) is 0 Å². The predicted molar refractivity (Wildman–Crippen MR) is 53.8 cm³/mol. The van der Waals surface area contributed by atoms with Crippen molar-refractivity contribution in [1.82, 2.24) is 0 Å². The summed E-state index contributed by atoms with van der Waals surface area (Å²) >= 11 is 5.63. The molecule has 0 atom stereocenters. The number of halogens is 1. The van der Waals surface area contributed by atoms with E-state index in [0.29, 0.717) is 5.02 Å². The molecule has 1 rings (SSSR count). The number of rotatable bonds is 3. The summed E-state index contributed by atoms with van der Waals surface area (Å²) in [6.45, 7) is 0. The van der Waals surface area contributed by atoms with Crippen molar-refractivity contribution in [3.05, 3.63) is 34.9 Å². The molecule has 6 heteroatoms. The molecule has 0 fully saturated rings. The smallest absolute Gasteiger partial charge is 0.216 e. The number of carbonyl (C=O) groups excluding carboxylic acids is 1. The van der Waals surface area contributed by atoms with E-state index in [0.717, 1.165) is 0 Å². The van der Waals surface area contributed by atoms with Gasteiger partial charge in [0.05, 0.1) is 0 Å². The molecule has 14 heavy (non-hydrogen) atoms. The normalized spacial score (nSPS) is 11.3. The highest BCUT2D eigenvalue weighted by Crippen LogP contribution is 2.11. The minimum absolute atomic E-state index is 0.242. The highest BCUT2D eigenvalue weighted by Gasteiger charge is 2.13. The molecule has 1 aromatic rings. The van der Waals surface area contributed by atoms with Gasteiger partial charge in [0, 0.05) is 10.6 Å². The Morgan fingerprint density at radius 1 is 1.43 bits per heavy atom. The lowest BCUT2D eigenvalue weighted by Crippen LogP contribution is -2.23. The summed E-state index contributed by atoms with van der Waals surface area (Å²) in [5.41, 5.74) is 0.242. The van der Waals surface area contributed by atoms with Crippen molar-refractivity contribution < 1.29 is 13.2 Å². The van der Waals surface area contributed by atoms with Gasteiger partial charge in [-0.25, -0.2) is 13.6 Å². The monoisotopic (exact) mass is 233 g/mol. The van der Waals surface area contributed by atoms with Crippen LogP contribution in [0.15, 0.2) is 24.3 Å². The fourth-order valence-electron chi connectivity index (χ4n) is 0.928. The topological polar surface area (TPSA) is 77.2 Å². The van der Waals surface area contributed by atoms with Crippen molar-refractivity contribution >= 4 is 27.4 Å². The zero-order valence-corrected chi connectivity index (χ0v) is 8.68. The fourth-order valence-corrected chi connectivity index (χ4v) is 1.65. The van der Waals surface area contributed by atoms with Crippen molar-refractivity contribution in [2.45, 2.75) is 0 Å². The first-order valence-electron chi connectivity index (χ1n) is 3.68. The van der Waals surface area contributed by atoms with E-state index in [4.69, 9.17) is 16.7 Å². The van der Waals surface area contributed by atoms with Crippen LogP contribution in [-0.2, 0) is 10.0 Å². The second-order valence-corrected chi connectivity index (χ2v) is 4.79. The first-order chi connectivity index (χ1) is 6.38. The second-order valence-electron chi connectivity index (χ2n) is 2.74. The summed E-state index contributed by atoms with van der Waals surface area (Å²) < 4.78 is 21.2. The van der Waals surface area contributed by atoms with Crippen LogP contribution in [0.2, 0.25) is 5.02 Å². The van der Waals surface area contributed by atoms with E-state index in [1.807, 2.05) is 0 Å². The molecule has 1 aromatic carbocycles. The molecule has 0 aliphatic heterocycles. The van der Waals surface area contributed by atoms with Gasteiger partial charge < -0.3 is 0 Å². The highest BCUT2D eigenvalue weighted by molar-refractivity contribution is 7.89. The summed E-state index contributed by atoms with van der Waals surface area (Å²) in [7, 11) is -3.78. The molecule has 0 saturated carbocycles. The summed E-state index contributed by atoms with van der Waals surface area (Å²) in [5.74, 6) is -1.26. The summed E-state index contributed by atoms with van der Waals surface area (Å²) in [6.07, 6.45) is 0. The molecular weight excluding hydrogens is 226 g/mol. The number of benzene rings is 1. The molecule has 2 N–H and O–H groups in total. The number of carbonyl (C=O) groups is 1. The molecule has 0 radical (unpaired) electrons. The molecule has 4 nitrogen and oxygen atoms in total. The van der Waals surface area contributed by atoms with Crippen LogP contribution in [0.5, 0.6) is 0 Å². The molecule has 0 aliphatic rings. The van der Waals surface area contributed by atoms with Crippen molar-refractivity contribution in [1.29, 1.82) is 0 Å². The van der Waals surface area contributed by atoms with E-state index in [-0.39, 0.29) is 5.56 Å². The number of hydrogen-bond donors (Lipinski definition) is 1. The maximum atomic E-state index is 11.3. The van der Waals surface area contributed by atoms with Gasteiger partial charge in [-0.3, -0.25) is 4.79 Å². The highest BCUT2D eigenvalue weighted by atomic mass is 35.5. The maximum Gasteiger partial charge on any atom is 0.216 e. The Balaban J connectivity index is 2.91. The average Bonchev–Trinajstić information content (AvgIpc) is 2.01. The average molecular weight is 234 g/mol. The van der Waals surface area contributed by atoms with Crippen LogP contribution >= 0.6 is 11.6 Å². The van der Waals surface area contributed by atoms with Gasteiger partial charge in [-0.05, 0) is 12.1 Å². The van der Waals surface area contributed by atoms with E-state index in [1.54, 1.807) is 12.1 Å². The minimum Gasteiger partial charge on any atom is -0.293 e. The van der Waals surface area contributed by atoms with Crippen LogP contribution in [0.25, 0.3) is 0 Å². The minimum atomic E-state index is -3.78. The zero-order valence-electron chi connectivity index (χ0n) is 7.10. The third-order valence-electron chi connectivity index (χ3n) is 1.48. The lowest BCUT2D eigenvalue weighted by molar-refractivity contribution is 0.102. The van der Waals surface area contributed by atoms with Crippen LogP contribution in [0, 0.1) is 0 Å². The lowest BCUT2D eigenvalue weighted by atomic mass is 10.1. The number of hydrogen-bond acceptors (Lipinski definition) is 3. The van der Waals surface area contributed by atoms with Gasteiger partial charge in [-0.1, -0.05) is 23.7 Å². The zero-order chi connectivity index (χ0) is 10.8. The Morgan fingerprint density at radius 2 is 2.07 bits per heavy atom. The van der Waals surface area contributed by atoms with Crippen LogP contribution in [0.4, 0.5) is 0 Å². The van der Waals surface area contributed by atoms with Crippen molar-refractivity contribution in [3.63, 3.8) is 0 Å². The molecule has 0 saturated heterocycles. The Hall–Kier alpha value is -0.910. The number of sulfonamides is 1. The van der Waals surface area contributed by atoms with E-state index >= 15 is 0 Å². The molecular formula is C8H8ClNO3S. The standard InChI is InChI=1S/C8H8ClNO3S/c9-7-3-1-2-6(4-7)8(11)5-14(10,12)13/h1-4H,5H2,(H2,10,12,13). The van der Waals surface area contributed by atoms with E-state index in [1.165, 1.54) is 12.1 Å². The fraction of sp³-hybridized carbons (Fsp3) is 0.125. The van der Waals surface area contributed by atoms with Crippen LogP contribution in [0.1, 0.15) is 10.4 Å². The van der Waals surface area contributed by atoms with Gasteiger partial charge in [-0.15, -0.1) is 0 Å². The third-order valence-corrected chi connectivity index (χ3v) is 2.38. The predicted octanol–water partition coefficient (Wildman–Crippen LogP) is 0.811. The van der Waals surface area contributed by atoms with Crippen molar-refractivity contribution in [2.24, 2.45) is 5.14 Å². The van der Waals surface area contributed by atoms with Crippen molar-refractivity contribution in [2.75, 3.05) is 5.75 Å². The third kappa shape index (κ3) is 3.45. The number of primary sulfonamides is 1. The molecule has 0 heterocycles. The molecule has 0 aromatic heterocycles. The summed E-state index contributed by atoms with van der Waals surface area (Å²) in [6, 6.07) is 6.04. The molecule has 0 unspecified atom stereocenters. The summed E-state index contributed by atoms with van der Waals surface area (Å²) in [4.78, 5) is 11.3. The van der Waals surface area contributed by atoms with Crippen LogP contribution in [-0.4, -0.2) is 20.0 Å². The first kappa shape index (κ1) is 11.2. The Labute approximate surface area is 86.7 Å². The van der Waals surface area contributed by atoms with E-state index in [2.05, 4.69) is 0 Å². The second kappa shape index (κ2) is 4.08. The molecule has 0 aliphatic carbocycles. The van der Waals surface area contributed by atoms with Gasteiger partial charge in [0.25, 0.3) is 0 Å². The summed E-state index contributed by atoms with van der Waals surface area (Å²) in [5, 5.41) is 5.11. The Kier molecular flexibility index (Phi) is 3.25. The van der Waals surface area contributed by atoms with E-state index < -0.39 is 21.6 Å². The van der Waals surface area contributed by atoms with Gasteiger partial charge in [-0.2, -0.15) is 0 Å². The Morgan fingerprint density at radius 3 is 2.57 bits per heavy atom. The van der Waals surface area contributed by atoms with Crippen LogP contribution < -0.4 is 5.14 Å². The van der Waals surface area contributed by atoms with E-state index in [9.17, 15) is 13.2 Å². The maximum absolute atomic E-state index is 11.3. The largest absolute Gasteiger partial charge is 0.293 e. The van der Waals surface area contributed by atoms with Crippen LogP contribution in [0.3, 0.4) is 0 Å². The molecule has 0 spiro atoms. The lowest BCUT2D eigenvalue weighted by Gasteiger charge is -1.99.